The molecule has 5 heteroatoms. The molecule has 2 rings (SSSR count). The number of nitrogens with two attached hydrogens (primary N) is 1. The van der Waals surface area contributed by atoms with Crippen LogP contribution >= 0.6 is 0 Å². The van der Waals surface area contributed by atoms with Gasteiger partial charge < -0.3 is 5.73 Å². The summed E-state index contributed by atoms with van der Waals surface area (Å²) >= 11 is 0. The topological polar surface area (TPSA) is 29.3 Å². The highest BCUT2D eigenvalue weighted by Gasteiger charge is 2.37. The predicted octanol–water partition coefficient (Wildman–Crippen LogP) is 3.10. The number of anilines is 1. The minimum Gasteiger partial charge on any atom is -0.399 e. The number of rotatable bonds is 4. The van der Waals surface area contributed by atoms with Crippen LogP contribution in [0.25, 0.3) is 0 Å². The summed E-state index contributed by atoms with van der Waals surface area (Å²) in [4.78, 5) is 1.49. The smallest absolute Gasteiger partial charge is 0.399 e. The Morgan fingerprint density at radius 1 is 1.33 bits per heavy atom. The van der Waals surface area contributed by atoms with Crippen molar-refractivity contribution in [2.24, 2.45) is 0 Å². The van der Waals surface area contributed by atoms with E-state index in [9.17, 15) is 13.2 Å². The van der Waals surface area contributed by atoms with Gasteiger partial charge in [0.15, 0.2) is 0 Å². The van der Waals surface area contributed by atoms with Gasteiger partial charge in [-0.25, -0.2) is 0 Å². The fourth-order valence-corrected chi connectivity index (χ4v) is 2.01. The van der Waals surface area contributed by atoms with Gasteiger partial charge in [-0.1, -0.05) is 12.1 Å². The van der Waals surface area contributed by atoms with Crippen molar-refractivity contribution in [1.82, 2.24) is 4.90 Å². The molecule has 1 aliphatic carbocycles. The molecule has 0 saturated heterocycles. The molecule has 0 amide bonds. The van der Waals surface area contributed by atoms with Gasteiger partial charge in [0, 0.05) is 18.3 Å². The Balaban J connectivity index is 2.06. The molecule has 18 heavy (non-hydrogen) atoms. The molecule has 0 radical (unpaired) electrons. The number of alkyl halides is 3. The van der Waals surface area contributed by atoms with Crippen molar-refractivity contribution in [3.05, 3.63) is 29.3 Å². The molecule has 0 heterocycles. The molecule has 2 N–H and O–H groups in total. The third-order valence-electron chi connectivity index (χ3n) is 3.17. The summed E-state index contributed by atoms with van der Waals surface area (Å²) in [5.74, 6) is 0. The maximum atomic E-state index is 12.5. The van der Waals surface area contributed by atoms with Crippen LogP contribution in [0.2, 0.25) is 0 Å². The quantitative estimate of drug-likeness (QED) is 0.841. The monoisotopic (exact) mass is 258 g/mol. The molecule has 0 aromatic heterocycles. The molecule has 0 atom stereocenters. The van der Waals surface area contributed by atoms with Crippen LogP contribution in [0.3, 0.4) is 0 Å². The second kappa shape index (κ2) is 4.80. The first kappa shape index (κ1) is 13.2. The predicted molar refractivity (Wildman–Crippen MR) is 65.1 cm³/mol. The molecular formula is C13H17F3N2. The van der Waals surface area contributed by atoms with E-state index in [2.05, 4.69) is 0 Å². The SMILES string of the molecule is Cc1ccc(CN(CC(F)(F)F)C2CC2)cc1N. The highest BCUT2D eigenvalue weighted by Crippen LogP contribution is 2.31. The normalized spacial score (nSPS) is 16.3. The van der Waals surface area contributed by atoms with E-state index in [1.165, 1.54) is 4.90 Å². The lowest BCUT2D eigenvalue weighted by Gasteiger charge is -2.23. The molecule has 1 fully saturated rings. The van der Waals surface area contributed by atoms with Gasteiger partial charge >= 0.3 is 6.18 Å². The summed E-state index contributed by atoms with van der Waals surface area (Å²) in [7, 11) is 0. The maximum absolute atomic E-state index is 12.5. The van der Waals surface area contributed by atoms with Crippen LogP contribution in [0, 0.1) is 6.92 Å². The van der Waals surface area contributed by atoms with Gasteiger partial charge in [-0.15, -0.1) is 0 Å². The van der Waals surface area contributed by atoms with E-state index < -0.39 is 12.7 Å². The summed E-state index contributed by atoms with van der Waals surface area (Å²) in [5, 5.41) is 0. The van der Waals surface area contributed by atoms with Gasteiger partial charge in [0.25, 0.3) is 0 Å². The minimum atomic E-state index is -4.14. The lowest BCUT2D eigenvalue weighted by molar-refractivity contribution is -0.148. The zero-order valence-corrected chi connectivity index (χ0v) is 10.3. The first-order valence-corrected chi connectivity index (χ1v) is 6.01. The van der Waals surface area contributed by atoms with E-state index in [1.54, 1.807) is 6.07 Å². The van der Waals surface area contributed by atoms with Crippen molar-refractivity contribution < 1.29 is 13.2 Å². The molecule has 0 spiro atoms. The Morgan fingerprint density at radius 3 is 2.50 bits per heavy atom. The Kier molecular flexibility index (Phi) is 3.52. The Labute approximate surface area is 105 Å². The Hall–Kier alpha value is -1.23. The molecule has 0 unspecified atom stereocenters. The van der Waals surface area contributed by atoms with Crippen LogP contribution in [0.5, 0.6) is 0 Å². The molecule has 100 valence electrons. The van der Waals surface area contributed by atoms with Crippen LogP contribution in [0.1, 0.15) is 24.0 Å². The number of aryl methyl sites for hydroxylation is 1. The molecule has 0 bridgehead atoms. The third kappa shape index (κ3) is 3.63. The number of benzene rings is 1. The summed E-state index contributed by atoms with van der Waals surface area (Å²) in [6.07, 6.45) is -2.42. The summed E-state index contributed by atoms with van der Waals surface area (Å²) < 4.78 is 37.4. The molecule has 1 aliphatic rings. The van der Waals surface area contributed by atoms with Crippen molar-refractivity contribution in [3.63, 3.8) is 0 Å². The van der Waals surface area contributed by atoms with E-state index in [1.807, 2.05) is 19.1 Å². The molecule has 1 aromatic carbocycles. The first-order valence-electron chi connectivity index (χ1n) is 6.01. The zero-order valence-electron chi connectivity index (χ0n) is 10.3. The van der Waals surface area contributed by atoms with Gasteiger partial charge in [0.2, 0.25) is 0 Å². The Bertz CT molecular complexity index is 425. The largest absolute Gasteiger partial charge is 0.401 e. The second-order valence-electron chi connectivity index (χ2n) is 4.94. The van der Waals surface area contributed by atoms with Crippen LogP contribution < -0.4 is 5.73 Å². The molecule has 1 aromatic rings. The van der Waals surface area contributed by atoms with E-state index in [-0.39, 0.29) is 6.04 Å². The molecule has 0 aliphatic heterocycles. The highest BCUT2D eigenvalue weighted by atomic mass is 19.4. The average Bonchev–Trinajstić information content (AvgIpc) is 3.04. The number of halogens is 3. The highest BCUT2D eigenvalue weighted by molar-refractivity contribution is 5.48. The summed E-state index contributed by atoms with van der Waals surface area (Å²) in [5.41, 5.74) is 8.20. The minimum absolute atomic E-state index is 0.0779. The lowest BCUT2D eigenvalue weighted by Crippen LogP contribution is -2.35. The summed E-state index contributed by atoms with van der Waals surface area (Å²) in [6, 6.07) is 5.54. The first-order chi connectivity index (χ1) is 8.35. The fraction of sp³-hybridized carbons (Fsp3) is 0.538. The molecule has 1 saturated carbocycles. The van der Waals surface area contributed by atoms with Crippen LogP contribution in [0.15, 0.2) is 18.2 Å². The van der Waals surface area contributed by atoms with Crippen molar-refractivity contribution >= 4 is 5.69 Å². The third-order valence-corrected chi connectivity index (χ3v) is 3.17. The Morgan fingerprint density at radius 2 is 2.00 bits per heavy atom. The number of nitrogen functional groups attached to an aromatic ring is 1. The van der Waals surface area contributed by atoms with Crippen molar-refractivity contribution in [2.45, 2.75) is 38.5 Å². The average molecular weight is 258 g/mol. The van der Waals surface area contributed by atoms with Gasteiger partial charge in [0.1, 0.15) is 0 Å². The van der Waals surface area contributed by atoms with Crippen LogP contribution in [-0.4, -0.2) is 23.7 Å². The lowest BCUT2D eigenvalue weighted by atomic mass is 10.1. The maximum Gasteiger partial charge on any atom is 0.401 e. The van der Waals surface area contributed by atoms with Crippen molar-refractivity contribution in [3.8, 4) is 0 Å². The van der Waals surface area contributed by atoms with Gasteiger partial charge in [-0.2, -0.15) is 13.2 Å². The molecule has 2 nitrogen and oxygen atoms in total. The van der Waals surface area contributed by atoms with E-state index in [0.29, 0.717) is 12.2 Å². The molecular weight excluding hydrogens is 241 g/mol. The number of hydrogen-bond acceptors (Lipinski definition) is 2. The van der Waals surface area contributed by atoms with Gasteiger partial charge in [-0.3, -0.25) is 4.90 Å². The van der Waals surface area contributed by atoms with Gasteiger partial charge in [-0.05, 0) is 37.0 Å². The summed E-state index contributed by atoms with van der Waals surface area (Å²) in [6.45, 7) is 1.35. The zero-order chi connectivity index (χ0) is 13.3. The standard InChI is InChI=1S/C13H17F3N2/c1-9-2-3-10(6-12(9)17)7-18(11-4-5-11)8-13(14,15)16/h2-3,6,11H,4-5,7-8,17H2,1H3. The van der Waals surface area contributed by atoms with Crippen LogP contribution in [-0.2, 0) is 6.54 Å². The van der Waals surface area contributed by atoms with Gasteiger partial charge in [0.05, 0.1) is 6.54 Å². The van der Waals surface area contributed by atoms with E-state index >= 15 is 0 Å². The fourth-order valence-electron chi connectivity index (χ4n) is 2.01. The number of hydrogen-bond donors (Lipinski definition) is 1. The van der Waals surface area contributed by atoms with Crippen molar-refractivity contribution in [2.75, 3.05) is 12.3 Å². The van der Waals surface area contributed by atoms with E-state index in [0.717, 1.165) is 24.0 Å². The number of nitrogens with zero attached hydrogens (tertiary/aromatic N) is 1. The van der Waals surface area contributed by atoms with Crippen LogP contribution in [0.4, 0.5) is 18.9 Å². The second-order valence-corrected chi connectivity index (χ2v) is 4.94. The van der Waals surface area contributed by atoms with E-state index in [4.69, 9.17) is 5.73 Å². The van der Waals surface area contributed by atoms with Crippen molar-refractivity contribution in [1.29, 1.82) is 0 Å².